The Balaban J connectivity index is 1.74. The van der Waals surface area contributed by atoms with Gasteiger partial charge in [0.2, 0.25) is 0 Å². The van der Waals surface area contributed by atoms with Crippen LogP contribution in [0.2, 0.25) is 0 Å². The monoisotopic (exact) mass is 235 g/mol. The van der Waals surface area contributed by atoms with E-state index in [9.17, 15) is 4.79 Å². The topological polar surface area (TPSA) is 58.4 Å². The first-order chi connectivity index (χ1) is 8.25. The summed E-state index contributed by atoms with van der Waals surface area (Å²) in [5, 5.41) is 7.16. The van der Waals surface area contributed by atoms with E-state index in [1.54, 1.807) is 6.92 Å². The third kappa shape index (κ3) is 1.84. The second-order valence-corrected chi connectivity index (χ2v) is 5.04. The van der Waals surface area contributed by atoms with Gasteiger partial charge in [-0.1, -0.05) is 5.16 Å². The zero-order valence-corrected chi connectivity index (χ0v) is 9.98. The SMILES string of the molecule is Cc1nocc1C(=O)N1CC2CCNCC2C1. The Morgan fingerprint density at radius 2 is 2.35 bits per heavy atom. The number of hydrogen-bond donors (Lipinski definition) is 1. The molecule has 2 unspecified atom stereocenters. The minimum atomic E-state index is 0.0677. The molecule has 2 aliphatic rings. The number of aryl methyl sites for hydroxylation is 1. The largest absolute Gasteiger partial charge is 0.364 e. The van der Waals surface area contributed by atoms with Crippen LogP contribution in [0.15, 0.2) is 10.8 Å². The molecule has 1 amide bonds. The van der Waals surface area contributed by atoms with Crippen molar-refractivity contribution in [3.63, 3.8) is 0 Å². The first-order valence-electron chi connectivity index (χ1n) is 6.16. The Morgan fingerprint density at radius 1 is 1.53 bits per heavy atom. The molecule has 3 heterocycles. The smallest absolute Gasteiger partial charge is 0.259 e. The highest BCUT2D eigenvalue weighted by atomic mass is 16.5. The van der Waals surface area contributed by atoms with Gasteiger partial charge in [0.25, 0.3) is 5.91 Å². The van der Waals surface area contributed by atoms with Crippen molar-refractivity contribution in [3.05, 3.63) is 17.5 Å². The van der Waals surface area contributed by atoms with E-state index in [0.717, 1.165) is 26.2 Å². The summed E-state index contributed by atoms with van der Waals surface area (Å²) < 4.78 is 4.83. The van der Waals surface area contributed by atoms with Gasteiger partial charge in [-0.25, -0.2) is 0 Å². The molecule has 5 nitrogen and oxygen atoms in total. The lowest BCUT2D eigenvalue weighted by Crippen LogP contribution is -2.35. The van der Waals surface area contributed by atoms with E-state index in [-0.39, 0.29) is 5.91 Å². The Hall–Kier alpha value is -1.36. The third-order valence-electron chi connectivity index (χ3n) is 3.94. The Bertz CT molecular complexity index is 415. The molecule has 0 saturated carbocycles. The average Bonchev–Trinajstić information content (AvgIpc) is 2.93. The lowest BCUT2D eigenvalue weighted by Gasteiger charge is -2.23. The van der Waals surface area contributed by atoms with Crippen molar-refractivity contribution in [1.29, 1.82) is 0 Å². The molecule has 1 N–H and O–H groups in total. The van der Waals surface area contributed by atoms with Gasteiger partial charge in [-0.2, -0.15) is 0 Å². The van der Waals surface area contributed by atoms with Crippen LogP contribution < -0.4 is 5.32 Å². The zero-order valence-electron chi connectivity index (χ0n) is 9.98. The first-order valence-corrected chi connectivity index (χ1v) is 6.16. The number of carbonyl (C=O) groups is 1. The number of aromatic nitrogens is 1. The average molecular weight is 235 g/mol. The summed E-state index contributed by atoms with van der Waals surface area (Å²) in [6, 6.07) is 0. The summed E-state index contributed by atoms with van der Waals surface area (Å²) in [6.07, 6.45) is 2.63. The van der Waals surface area contributed by atoms with E-state index in [1.807, 2.05) is 4.90 Å². The van der Waals surface area contributed by atoms with Gasteiger partial charge >= 0.3 is 0 Å². The Morgan fingerprint density at radius 3 is 3.06 bits per heavy atom. The number of likely N-dealkylation sites (tertiary alicyclic amines) is 1. The molecule has 0 aliphatic carbocycles. The van der Waals surface area contributed by atoms with E-state index >= 15 is 0 Å². The Kier molecular flexibility index (Phi) is 2.63. The van der Waals surface area contributed by atoms with Gasteiger partial charge in [0.1, 0.15) is 11.8 Å². The number of rotatable bonds is 1. The minimum Gasteiger partial charge on any atom is -0.364 e. The maximum Gasteiger partial charge on any atom is 0.259 e. The fourth-order valence-electron chi connectivity index (χ4n) is 2.91. The van der Waals surface area contributed by atoms with Gasteiger partial charge in [0.15, 0.2) is 0 Å². The van der Waals surface area contributed by atoms with Crippen LogP contribution in [-0.4, -0.2) is 42.1 Å². The molecule has 0 aromatic carbocycles. The molecular formula is C12H17N3O2. The van der Waals surface area contributed by atoms with Crippen LogP contribution in [-0.2, 0) is 0 Å². The molecule has 2 atom stereocenters. The molecule has 2 saturated heterocycles. The molecule has 2 aliphatic heterocycles. The number of amides is 1. The lowest BCUT2D eigenvalue weighted by molar-refractivity contribution is 0.0783. The number of carbonyl (C=O) groups excluding carboxylic acids is 1. The van der Waals surface area contributed by atoms with E-state index in [2.05, 4.69) is 10.5 Å². The van der Waals surface area contributed by atoms with Crippen LogP contribution in [0.4, 0.5) is 0 Å². The van der Waals surface area contributed by atoms with Crippen molar-refractivity contribution < 1.29 is 9.32 Å². The highest BCUT2D eigenvalue weighted by molar-refractivity contribution is 5.95. The predicted octanol–water partition coefficient (Wildman–Crippen LogP) is 0.665. The van der Waals surface area contributed by atoms with Crippen LogP contribution in [0, 0.1) is 18.8 Å². The van der Waals surface area contributed by atoms with E-state index in [0.29, 0.717) is 23.1 Å². The van der Waals surface area contributed by atoms with E-state index in [4.69, 9.17) is 4.52 Å². The first kappa shape index (κ1) is 10.8. The van der Waals surface area contributed by atoms with Crippen molar-refractivity contribution >= 4 is 5.91 Å². The molecule has 1 aromatic heterocycles. The van der Waals surface area contributed by atoms with Crippen molar-refractivity contribution in [1.82, 2.24) is 15.4 Å². The summed E-state index contributed by atoms with van der Waals surface area (Å²) in [6.45, 7) is 5.67. The molecule has 0 bridgehead atoms. The number of nitrogens with one attached hydrogen (secondary N) is 1. The molecule has 3 rings (SSSR count). The second-order valence-electron chi connectivity index (χ2n) is 5.04. The van der Waals surface area contributed by atoms with Crippen molar-refractivity contribution in [2.24, 2.45) is 11.8 Å². The van der Waals surface area contributed by atoms with Gasteiger partial charge < -0.3 is 14.7 Å². The second kappa shape index (κ2) is 4.14. The van der Waals surface area contributed by atoms with Crippen LogP contribution in [0.3, 0.4) is 0 Å². The molecule has 92 valence electrons. The molecule has 0 radical (unpaired) electrons. The summed E-state index contributed by atoms with van der Waals surface area (Å²) >= 11 is 0. The standard InChI is InChI=1S/C12H17N3O2/c1-8-11(7-17-14-8)12(16)15-5-9-2-3-13-4-10(9)6-15/h7,9-10,13H,2-6H2,1H3. The highest BCUT2D eigenvalue weighted by Crippen LogP contribution is 2.29. The van der Waals surface area contributed by atoms with Crippen LogP contribution >= 0.6 is 0 Å². The van der Waals surface area contributed by atoms with Gasteiger partial charge in [-0.05, 0) is 38.3 Å². The molecule has 17 heavy (non-hydrogen) atoms. The number of hydrogen-bond acceptors (Lipinski definition) is 4. The maximum absolute atomic E-state index is 12.3. The molecule has 0 spiro atoms. The summed E-state index contributed by atoms with van der Waals surface area (Å²) in [5.41, 5.74) is 1.29. The fraction of sp³-hybridized carbons (Fsp3) is 0.667. The fourth-order valence-corrected chi connectivity index (χ4v) is 2.91. The van der Waals surface area contributed by atoms with Gasteiger partial charge in [-0.3, -0.25) is 4.79 Å². The number of piperidine rings is 1. The Labute approximate surface area is 100 Å². The number of nitrogens with zero attached hydrogens (tertiary/aromatic N) is 2. The van der Waals surface area contributed by atoms with Crippen molar-refractivity contribution in [3.8, 4) is 0 Å². The molecule has 2 fully saturated rings. The summed E-state index contributed by atoms with van der Waals surface area (Å²) in [4.78, 5) is 14.2. The van der Waals surface area contributed by atoms with Crippen LogP contribution in [0.25, 0.3) is 0 Å². The van der Waals surface area contributed by atoms with Gasteiger partial charge in [0, 0.05) is 13.1 Å². The lowest BCUT2D eigenvalue weighted by atomic mass is 9.90. The molecule has 1 aromatic rings. The quantitative estimate of drug-likeness (QED) is 0.777. The minimum absolute atomic E-state index is 0.0677. The molecular weight excluding hydrogens is 218 g/mol. The van der Waals surface area contributed by atoms with E-state index in [1.165, 1.54) is 12.7 Å². The predicted molar refractivity (Wildman–Crippen MR) is 61.6 cm³/mol. The summed E-state index contributed by atoms with van der Waals surface area (Å²) in [7, 11) is 0. The number of fused-ring (bicyclic) bond motifs is 1. The summed E-state index contributed by atoms with van der Waals surface area (Å²) in [5.74, 6) is 1.35. The third-order valence-corrected chi connectivity index (χ3v) is 3.94. The van der Waals surface area contributed by atoms with Gasteiger partial charge in [-0.15, -0.1) is 0 Å². The normalized spacial score (nSPS) is 28.2. The molecule has 5 heteroatoms. The maximum atomic E-state index is 12.3. The van der Waals surface area contributed by atoms with Crippen molar-refractivity contribution in [2.45, 2.75) is 13.3 Å². The van der Waals surface area contributed by atoms with Crippen LogP contribution in [0.1, 0.15) is 22.5 Å². The highest BCUT2D eigenvalue weighted by Gasteiger charge is 2.37. The van der Waals surface area contributed by atoms with E-state index < -0.39 is 0 Å². The van der Waals surface area contributed by atoms with Gasteiger partial charge in [0.05, 0.1) is 5.69 Å². The van der Waals surface area contributed by atoms with Crippen LogP contribution in [0.5, 0.6) is 0 Å². The van der Waals surface area contributed by atoms with Crippen molar-refractivity contribution in [2.75, 3.05) is 26.2 Å². The zero-order chi connectivity index (χ0) is 11.8.